The van der Waals surface area contributed by atoms with Crippen LogP contribution in [0.5, 0.6) is 0 Å². The number of benzene rings is 1. The van der Waals surface area contributed by atoms with Gasteiger partial charge < -0.3 is 5.11 Å². The first kappa shape index (κ1) is 13.2. The van der Waals surface area contributed by atoms with Crippen LogP contribution in [0.25, 0.3) is 0 Å². The molecule has 4 heteroatoms. The summed E-state index contributed by atoms with van der Waals surface area (Å²) in [5.41, 5.74) is 0.826. The summed E-state index contributed by atoms with van der Waals surface area (Å²) >= 11 is 8.07. The SMILES string of the molecule is CN(CC(O)c1ccccc1Cl)C1CCSC1. The minimum absolute atomic E-state index is 0.501. The predicted octanol–water partition coefficient (Wildman–Crippen LogP) is 2.81. The van der Waals surface area contributed by atoms with Crippen LogP contribution in [0, 0.1) is 0 Å². The molecule has 94 valence electrons. The molecule has 1 N–H and O–H groups in total. The Morgan fingerprint density at radius 2 is 2.29 bits per heavy atom. The number of nitrogens with zero attached hydrogens (tertiary/aromatic N) is 1. The fraction of sp³-hybridized carbons (Fsp3) is 0.538. The van der Waals surface area contributed by atoms with Crippen LogP contribution in [0.15, 0.2) is 24.3 Å². The van der Waals surface area contributed by atoms with Crippen LogP contribution in [-0.4, -0.2) is 41.1 Å². The molecule has 1 fully saturated rings. The van der Waals surface area contributed by atoms with Crippen molar-refractivity contribution in [2.75, 3.05) is 25.1 Å². The maximum atomic E-state index is 10.2. The number of thioether (sulfide) groups is 1. The molecular formula is C13H18ClNOS. The van der Waals surface area contributed by atoms with Crippen LogP contribution in [0.1, 0.15) is 18.1 Å². The molecule has 0 radical (unpaired) electrons. The third kappa shape index (κ3) is 3.38. The second kappa shape index (κ2) is 6.10. The minimum atomic E-state index is -0.501. The molecule has 0 aliphatic carbocycles. The standard InChI is InChI=1S/C13H18ClNOS/c1-15(10-6-7-17-9-10)8-13(16)11-4-2-3-5-12(11)14/h2-5,10,13,16H,6-9H2,1H3. The van der Waals surface area contributed by atoms with Crippen LogP contribution in [0.4, 0.5) is 0 Å². The van der Waals surface area contributed by atoms with Crippen molar-refractivity contribution in [2.45, 2.75) is 18.6 Å². The minimum Gasteiger partial charge on any atom is -0.387 e. The van der Waals surface area contributed by atoms with Gasteiger partial charge in [0.2, 0.25) is 0 Å². The molecule has 0 bridgehead atoms. The van der Waals surface area contributed by atoms with Crippen molar-refractivity contribution in [1.82, 2.24) is 4.90 Å². The van der Waals surface area contributed by atoms with E-state index in [1.54, 1.807) is 0 Å². The van der Waals surface area contributed by atoms with E-state index in [0.717, 1.165) is 5.56 Å². The summed E-state index contributed by atoms with van der Waals surface area (Å²) in [5, 5.41) is 10.8. The molecule has 1 saturated heterocycles. The topological polar surface area (TPSA) is 23.5 Å². The molecule has 17 heavy (non-hydrogen) atoms. The number of likely N-dealkylation sites (N-methyl/N-ethyl adjacent to an activating group) is 1. The highest BCUT2D eigenvalue weighted by Gasteiger charge is 2.22. The zero-order chi connectivity index (χ0) is 12.3. The van der Waals surface area contributed by atoms with Crippen LogP contribution >= 0.6 is 23.4 Å². The first-order valence-corrected chi connectivity index (χ1v) is 7.42. The molecule has 2 atom stereocenters. The lowest BCUT2D eigenvalue weighted by molar-refractivity contribution is 0.110. The lowest BCUT2D eigenvalue weighted by atomic mass is 10.1. The van der Waals surface area contributed by atoms with Gasteiger partial charge in [0.15, 0.2) is 0 Å². The third-order valence-corrected chi connectivity index (χ3v) is 4.74. The Bertz CT molecular complexity index is 368. The molecule has 1 heterocycles. The third-order valence-electron chi connectivity index (χ3n) is 3.25. The van der Waals surface area contributed by atoms with Gasteiger partial charge in [0.05, 0.1) is 6.10 Å². The van der Waals surface area contributed by atoms with E-state index < -0.39 is 6.10 Å². The van der Waals surface area contributed by atoms with Gasteiger partial charge in [0.1, 0.15) is 0 Å². The Labute approximate surface area is 112 Å². The van der Waals surface area contributed by atoms with E-state index in [-0.39, 0.29) is 0 Å². The molecule has 1 aromatic rings. The molecule has 2 nitrogen and oxygen atoms in total. The smallest absolute Gasteiger partial charge is 0.0931 e. The van der Waals surface area contributed by atoms with Crippen molar-refractivity contribution in [1.29, 1.82) is 0 Å². The number of aliphatic hydroxyl groups excluding tert-OH is 1. The van der Waals surface area contributed by atoms with E-state index in [1.807, 2.05) is 36.0 Å². The maximum Gasteiger partial charge on any atom is 0.0931 e. The number of aliphatic hydroxyl groups is 1. The largest absolute Gasteiger partial charge is 0.387 e. The highest BCUT2D eigenvalue weighted by Crippen LogP contribution is 2.26. The van der Waals surface area contributed by atoms with E-state index in [2.05, 4.69) is 11.9 Å². The molecule has 1 aromatic carbocycles. The first-order chi connectivity index (χ1) is 8.18. The normalized spacial score (nSPS) is 22.0. The van der Waals surface area contributed by atoms with Gasteiger partial charge in [-0.25, -0.2) is 0 Å². The number of halogens is 1. The van der Waals surface area contributed by atoms with Gasteiger partial charge in [-0.1, -0.05) is 29.8 Å². The van der Waals surface area contributed by atoms with Gasteiger partial charge in [0.25, 0.3) is 0 Å². The van der Waals surface area contributed by atoms with Gasteiger partial charge in [0, 0.05) is 28.9 Å². The van der Waals surface area contributed by atoms with Crippen molar-refractivity contribution >= 4 is 23.4 Å². The van der Waals surface area contributed by atoms with Gasteiger partial charge in [-0.15, -0.1) is 0 Å². The average molecular weight is 272 g/mol. The Kier molecular flexibility index (Phi) is 4.74. The second-order valence-electron chi connectivity index (χ2n) is 4.49. The second-order valence-corrected chi connectivity index (χ2v) is 6.05. The summed E-state index contributed by atoms with van der Waals surface area (Å²) in [4.78, 5) is 2.24. The van der Waals surface area contributed by atoms with E-state index in [9.17, 15) is 5.11 Å². The van der Waals surface area contributed by atoms with E-state index >= 15 is 0 Å². The lowest BCUT2D eigenvalue weighted by Gasteiger charge is -2.26. The summed E-state index contributed by atoms with van der Waals surface area (Å²) in [6, 6.07) is 8.11. The van der Waals surface area contributed by atoms with Crippen molar-refractivity contribution in [3.8, 4) is 0 Å². The summed E-state index contributed by atoms with van der Waals surface area (Å²) in [5.74, 6) is 2.41. The van der Waals surface area contributed by atoms with E-state index in [0.29, 0.717) is 17.6 Å². The maximum absolute atomic E-state index is 10.2. The quantitative estimate of drug-likeness (QED) is 0.911. The monoisotopic (exact) mass is 271 g/mol. The van der Waals surface area contributed by atoms with Gasteiger partial charge in [-0.3, -0.25) is 4.90 Å². The van der Waals surface area contributed by atoms with E-state index in [4.69, 9.17) is 11.6 Å². The molecule has 0 aromatic heterocycles. The average Bonchev–Trinajstić information content (AvgIpc) is 2.82. The summed E-state index contributed by atoms with van der Waals surface area (Å²) in [6.07, 6.45) is 0.718. The zero-order valence-electron chi connectivity index (χ0n) is 9.97. The molecule has 0 amide bonds. The Balaban J connectivity index is 1.96. The van der Waals surface area contributed by atoms with Crippen molar-refractivity contribution in [3.63, 3.8) is 0 Å². The van der Waals surface area contributed by atoms with Crippen molar-refractivity contribution in [2.24, 2.45) is 0 Å². The Morgan fingerprint density at radius 1 is 1.53 bits per heavy atom. The summed E-state index contributed by atoms with van der Waals surface area (Å²) in [7, 11) is 2.08. The molecule has 0 spiro atoms. The molecule has 1 aliphatic rings. The molecule has 1 aliphatic heterocycles. The predicted molar refractivity (Wildman–Crippen MR) is 74.8 cm³/mol. The highest BCUT2D eigenvalue weighted by molar-refractivity contribution is 7.99. The first-order valence-electron chi connectivity index (χ1n) is 5.89. The van der Waals surface area contributed by atoms with E-state index in [1.165, 1.54) is 17.9 Å². The lowest BCUT2D eigenvalue weighted by Crippen LogP contribution is -2.34. The van der Waals surface area contributed by atoms with Crippen molar-refractivity contribution in [3.05, 3.63) is 34.9 Å². The highest BCUT2D eigenvalue weighted by atomic mass is 35.5. The van der Waals surface area contributed by atoms with Crippen molar-refractivity contribution < 1.29 is 5.11 Å². The molecule has 0 saturated carbocycles. The fourth-order valence-electron chi connectivity index (χ4n) is 2.14. The Hall–Kier alpha value is -0.220. The Morgan fingerprint density at radius 3 is 2.94 bits per heavy atom. The molecule has 2 unspecified atom stereocenters. The van der Waals surface area contributed by atoms with Gasteiger partial charge in [-0.2, -0.15) is 11.8 Å². The number of hydrogen-bond acceptors (Lipinski definition) is 3. The zero-order valence-corrected chi connectivity index (χ0v) is 11.5. The molecule has 2 rings (SSSR count). The number of rotatable bonds is 4. The number of hydrogen-bond donors (Lipinski definition) is 1. The van der Waals surface area contributed by atoms with Crippen LogP contribution in [-0.2, 0) is 0 Å². The molecular weight excluding hydrogens is 254 g/mol. The van der Waals surface area contributed by atoms with Gasteiger partial charge >= 0.3 is 0 Å². The fourth-order valence-corrected chi connectivity index (χ4v) is 3.70. The van der Waals surface area contributed by atoms with Crippen LogP contribution < -0.4 is 0 Å². The van der Waals surface area contributed by atoms with Crippen LogP contribution in [0.3, 0.4) is 0 Å². The summed E-state index contributed by atoms with van der Waals surface area (Å²) in [6.45, 7) is 0.648. The van der Waals surface area contributed by atoms with Gasteiger partial charge in [-0.05, 0) is 25.3 Å². The van der Waals surface area contributed by atoms with Crippen LogP contribution in [0.2, 0.25) is 5.02 Å². The summed E-state index contributed by atoms with van der Waals surface area (Å²) < 4.78 is 0.